The fourth-order valence-electron chi connectivity index (χ4n) is 3.24. The summed E-state index contributed by atoms with van der Waals surface area (Å²) >= 11 is 1.00. The van der Waals surface area contributed by atoms with Gasteiger partial charge in [-0.15, -0.1) is 0 Å². The molecule has 8 nitrogen and oxygen atoms in total. The predicted octanol–water partition coefficient (Wildman–Crippen LogP) is 3.51. The van der Waals surface area contributed by atoms with E-state index in [1.165, 1.54) is 19.2 Å². The molecule has 11 heteroatoms. The van der Waals surface area contributed by atoms with Crippen LogP contribution in [-0.4, -0.2) is 29.6 Å². The minimum atomic E-state index is -4.03. The van der Waals surface area contributed by atoms with E-state index in [0.717, 1.165) is 11.5 Å². The average Bonchev–Trinajstić information content (AvgIpc) is 3.08. The Morgan fingerprint density at radius 2 is 1.52 bits per heavy atom. The number of para-hydroxylation sites is 2. The Kier molecular flexibility index (Phi) is 5.95. The number of rotatable bonds is 7. The van der Waals surface area contributed by atoms with Gasteiger partial charge in [0.1, 0.15) is 5.75 Å². The van der Waals surface area contributed by atoms with Crippen LogP contribution in [0.25, 0.3) is 10.9 Å². The van der Waals surface area contributed by atoms with Crippen LogP contribution in [0, 0.1) is 0 Å². The number of methoxy groups -OCH3 is 1. The van der Waals surface area contributed by atoms with E-state index in [0.29, 0.717) is 27.2 Å². The molecule has 0 fully saturated rings. The number of aryl methyl sites for hydroxylation is 1. The zero-order valence-electron chi connectivity index (χ0n) is 17.8. The molecule has 33 heavy (non-hydrogen) atoms. The third-order valence-electron chi connectivity index (χ3n) is 4.94. The molecule has 0 spiro atoms. The van der Waals surface area contributed by atoms with Gasteiger partial charge in [-0.2, -0.15) is 0 Å². The van der Waals surface area contributed by atoms with E-state index in [9.17, 15) is 17.4 Å². The van der Waals surface area contributed by atoms with Crippen LogP contribution < -0.4 is 18.9 Å². The second kappa shape index (κ2) is 8.58. The quantitative estimate of drug-likeness (QED) is 0.376. The molecule has 0 aliphatic rings. The third-order valence-corrected chi connectivity index (χ3v) is 8.75. The van der Waals surface area contributed by atoms with Crippen molar-refractivity contribution in [1.82, 2.24) is 3.96 Å². The van der Waals surface area contributed by atoms with E-state index in [-0.39, 0.29) is 15.3 Å². The lowest BCUT2D eigenvalue weighted by molar-refractivity contribution is 0.414. The van der Waals surface area contributed by atoms with E-state index in [1.807, 2.05) is 0 Å². The zero-order valence-corrected chi connectivity index (χ0v) is 20.2. The number of fused-ring (bicyclic) bond motifs is 1. The van der Waals surface area contributed by atoms with Crippen molar-refractivity contribution in [1.29, 1.82) is 0 Å². The molecule has 0 aliphatic carbocycles. The maximum atomic E-state index is 13.3. The molecule has 1 atom stereocenters. The summed E-state index contributed by atoms with van der Waals surface area (Å²) in [7, 11) is -3.75. The topological polar surface area (TPSA) is 107 Å². The Hall–Kier alpha value is -3.28. The number of hydrogen-bond donors (Lipinski definition) is 2. The summed E-state index contributed by atoms with van der Waals surface area (Å²) in [5, 5.41) is 0.331. The van der Waals surface area contributed by atoms with Crippen LogP contribution in [0.15, 0.2) is 81.3 Å². The molecule has 3 aromatic carbocycles. The van der Waals surface area contributed by atoms with Crippen LogP contribution in [0.2, 0.25) is 0 Å². The van der Waals surface area contributed by atoms with E-state index in [1.54, 1.807) is 65.6 Å². The summed E-state index contributed by atoms with van der Waals surface area (Å²) in [5.74, 6) is 4.41. The standard InChI is InChI=1S/C22H21N3O5S3/c1-25-21-13-12-17(14-18(21)22(26)31-25)33(28,29)24-20-7-5-4-6-19(20)23-32(3,27)16-10-8-15(30-2)9-11-16/h4-14,24H,3H2,1-2H3,(H,23,27). The fraction of sp³-hybridized carbons (Fsp3) is 0.0909. The molecule has 1 heterocycles. The first-order valence-electron chi connectivity index (χ1n) is 9.62. The normalized spacial score (nSPS) is 13.4. The molecule has 1 unspecified atom stereocenters. The molecule has 1 aromatic heterocycles. The maximum absolute atomic E-state index is 13.3. The van der Waals surface area contributed by atoms with Crippen LogP contribution >= 0.6 is 11.5 Å². The van der Waals surface area contributed by atoms with E-state index in [2.05, 4.69) is 15.3 Å². The first kappa shape index (κ1) is 22.9. The number of aromatic nitrogens is 1. The summed E-state index contributed by atoms with van der Waals surface area (Å²) in [6, 6.07) is 17.5. The van der Waals surface area contributed by atoms with Gasteiger partial charge in [-0.3, -0.25) is 13.5 Å². The van der Waals surface area contributed by atoms with E-state index >= 15 is 0 Å². The average molecular weight is 504 g/mol. The van der Waals surface area contributed by atoms with Gasteiger partial charge in [0.15, 0.2) is 0 Å². The first-order chi connectivity index (χ1) is 15.6. The number of nitrogens with zero attached hydrogens (tertiary/aromatic N) is 1. The number of benzene rings is 3. The summed E-state index contributed by atoms with van der Waals surface area (Å²) in [4.78, 5) is 12.5. The van der Waals surface area contributed by atoms with Gasteiger partial charge in [0.2, 0.25) is 0 Å². The molecule has 0 saturated carbocycles. The molecule has 0 radical (unpaired) electrons. The van der Waals surface area contributed by atoms with Gasteiger partial charge in [-0.25, -0.2) is 12.6 Å². The van der Waals surface area contributed by atoms with Gasteiger partial charge >= 0.3 is 0 Å². The van der Waals surface area contributed by atoms with Crippen molar-refractivity contribution >= 4 is 59.4 Å². The molecular weight excluding hydrogens is 482 g/mol. The van der Waals surface area contributed by atoms with Gasteiger partial charge in [0.25, 0.3) is 14.8 Å². The molecule has 0 amide bonds. The van der Waals surface area contributed by atoms with Crippen molar-refractivity contribution < 1.29 is 17.4 Å². The highest BCUT2D eigenvalue weighted by Gasteiger charge is 2.19. The number of hydrogen-bond acceptors (Lipinski definition) is 6. The molecule has 0 aliphatic heterocycles. The monoisotopic (exact) mass is 503 g/mol. The highest BCUT2D eigenvalue weighted by Crippen LogP contribution is 2.28. The maximum Gasteiger partial charge on any atom is 0.261 e. The minimum absolute atomic E-state index is 0.0502. The van der Waals surface area contributed by atoms with Crippen molar-refractivity contribution in [2.24, 2.45) is 7.05 Å². The third kappa shape index (κ3) is 4.61. The lowest BCUT2D eigenvalue weighted by Crippen LogP contribution is -2.17. The highest BCUT2D eigenvalue weighted by molar-refractivity contribution is 8.01. The Morgan fingerprint density at radius 3 is 2.15 bits per heavy atom. The lowest BCUT2D eigenvalue weighted by atomic mass is 10.2. The van der Waals surface area contributed by atoms with Crippen LogP contribution in [0.4, 0.5) is 11.4 Å². The van der Waals surface area contributed by atoms with Crippen molar-refractivity contribution in [3.8, 4) is 5.75 Å². The van der Waals surface area contributed by atoms with E-state index < -0.39 is 19.7 Å². The van der Waals surface area contributed by atoms with Crippen LogP contribution in [-0.2, 0) is 26.8 Å². The van der Waals surface area contributed by atoms with Gasteiger partial charge in [-0.05, 0) is 72.0 Å². The largest absolute Gasteiger partial charge is 0.497 e. The molecule has 4 rings (SSSR count). The summed E-state index contributed by atoms with van der Waals surface area (Å²) in [5.41, 5.74) is 1.15. The smallest absolute Gasteiger partial charge is 0.261 e. The van der Waals surface area contributed by atoms with Gasteiger partial charge in [-0.1, -0.05) is 12.1 Å². The highest BCUT2D eigenvalue weighted by atomic mass is 32.2. The van der Waals surface area contributed by atoms with Crippen molar-refractivity contribution in [3.63, 3.8) is 0 Å². The Bertz CT molecular complexity index is 1600. The number of ether oxygens (including phenoxy) is 1. The Balaban J connectivity index is 1.66. The molecule has 0 saturated heterocycles. The zero-order chi connectivity index (χ0) is 23.8. The SMILES string of the molecule is C=S(=O)(Nc1ccccc1NS(=O)(=O)c1ccc2c(c1)c(=O)sn2C)c1ccc(OC)cc1. The van der Waals surface area contributed by atoms with Gasteiger partial charge in [0, 0.05) is 11.9 Å². The molecule has 0 bridgehead atoms. The summed E-state index contributed by atoms with van der Waals surface area (Å²) in [6.45, 7) is 0. The number of nitrogens with one attached hydrogen (secondary N) is 2. The lowest BCUT2D eigenvalue weighted by Gasteiger charge is -2.17. The van der Waals surface area contributed by atoms with Crippen LogP contribution in [0.3, 0.4) is 0 Å². The Morgan fingerprint density at radius 1 is 0.909 bits per heavy atom. The molecule has 2 N–H and O–H groups in total. The fourth-order valence-corrected chi connectivity index (χ4v) is 6.34. The molecular formula is C22H21N3O5S3. The van der Waals surface area contributed by atoms with Crippen molar-refractivity contribution in [3.05, 3.63) is 76.3 Å². The number of anilines is 2. The minimum Gasteiger partial charge on any atom is -0.497 e. The van der Waals surface area contributed by atoms with Gasteiger partial charge in [0.05, 0.1) is 44.0 Å². The van der Waals surface area contributed by atoms with Crippen LogP contribution in [0.5, 0.6) is 5.75 Å². The molecule has 4 aromatic rings. The first-order valence-corrected chi connectivity index (χ1v) is 13.6. The number of sulfonamides is 1. The summed E-state index contributed by atoms with van der Waals surface area (Å²) in [6.07, 6.45) is 0. The predicted molar refractivity (Wildman–Crippen MR) is 134 cm³/mol. The van der Waals surface area contributed by atoms with Crippen LogP contribution in [0.1, 0.15) is 0 Å². The second-order valence-electron chi connectivity index (χ2n) is 7.16. The Labute approximate surface area is 195 Å². The molecule has 172 valence electrons. The summed E-state index contributed by atoms with van der Waals surface area (Å²) < 4.78 is 51.4. The van der Waals surface area contributed by atoms with Gasteiger partial charge < -0.3 is 9.46 Å². The van der Waals surface area contributed by atoms with E-state index in [4.69, 9.17) is 4.74 Å². The van der Waals surface area contributed by atoms with Crippen molar-refractivity contribution in [2.75, 3.05) is 16.6 Å². The van der Waals surface area contributed by atoms with Crippen molar-refractivity contribution in [2.45, 2.75) is 9.79 Å². The second-order valence-corrected chi connectivity index (χ2v) is 12.0.